The average Bonchev–Trinajstić information content (AvgIpc) is 2.31. The summed E-state index contributed by atoms with van der Waals surface area (Å²) in [5.74, 6) is -1.74. The highest BCUT2D eigenvalue weighted by molar-refractivity contribution is 5.96. The normalized spacial score (nSPS) is 10.1. The third kappa shape index (κ3) is 2.24. The number of halogens is 1. The maximum absolute atomic E-state index is 13.5. The molecule has 3 N–H and O–H groups in total. The van der Waals surface area contributed by atoms with E-state index in [1.54, 1.807) is 12.1 Å². The molecule has 0 aliphatic heterocycles. The summed E-state index contributed by atoms with van der Waals surface area (Å²) in [5, 5.41) is 9.54. The van der Waals surface area contributed by atoms with Gasteiger partial charge in [-0.2, -0.15) is 0 Å². The number of primary amides is 1. The second kappa shape index (κ2) is 4.75. The average molecular weight is 247 g/mol. The Hall–Kier alpha value is -2.56. The van der Waals surface area contributed by atoms with Crippen LogP contribution < -0.4 is 10.5 Å². The maximum Gasteiger partial charge on any atom is 0.255 e. The topological polar surface area (TPSA) is 72.6 Å². The monoisotopic (exact) mass is 247 g/mol. The second-order valence-corrected chi connectivity index (χ2v) is 3.55. The van der Waals surface area contributed by atoms with Crippen molar-refractivity contribution in [3.63, 3.8) is 0 Å². The van der Waals surface area contributed by atoms with E-state index in [1.807, 2.05) is 0 Å². The molecule has 0 aliphatic rings. The Morgan fingerprint density at radius 2 is 1.78 bits per heavy atom. The van der Waals surface area contributed by atoms with Crippen molar-refractivity contribution in [1.82, 2.24) is 0 Å². The zero-order valence-corrected chi connectivity index (χ0v) is 9.26. The lowest BCUT2D eigenvalue weighted by atomic mass is 10.2. The van der Waals surface area contributed by atoms with Crippen LogP contribution >= 0.6 is 0 Å². The lowest BCUT2D eigenvalue weighted by Gasteiger charge is -2.10. The molecule has 5 heteroatoms. The van der Waals surface area contributed by atoms with E-state index in [2.05, 4.69) is 0 Å². The number of hydrogen-bond acceptors (Lipinski definition) is 3. The number of para-hydroxylation sites is 2. The van der Waals surface area contributed by atoms with Crippen LogP contribution in [0, 0.1) is 5.82 Å². The number of rotatable bonds is 3. The molecule has 4 nitrogen and oxygen atoms in total. The molecule has 0 radical (unpaired) electrons. The Kier molecular flexibility index (Phi) is 3.14. The number of phenolic OH excluding ortho intramolecular Hbond substituents is 1. The summed E-state index contributed by atoms with van der Waals surface area (Å²) in [4.78, 5) is 11.2. The van der Waals surface area contributed by atoms with Gasteiger partial charge >= 0.3 is 0 Å². The van der Waals surface area contributed by atoms with Crippen LogP contribution in [0.15, 0.2) is 42.5 Å². The Labute approximate surface area is 102 Å². The molecule has 0 aliphatic carbocycles. The lowest BCUT2D eigenvalue weighted by Crippen LogP contribution is -2.14. The Morgan fingerprint density at radius 3 is 2.44 bits per heavy atom. The summed E-state index contributed by atoms with van der Waals surface area (Å²) in [7, 11) is 0. The predicted octanol–water partition coefficient (Wildman–Crippen LogP) is 2.42. The number of amides is 1. The molecule has 2 aromatic rings. The molecule has 0 aromatic heterocycles. The molecular formula is C13H10FNO3. The van der Waals surface area contributed by atoms with Gasteiger partial charge in [-0.3, -0.25) is 4.79 Å². The van der Waals surface area contributed by atoms with Crippen LogP contribution in [0.1, 0.15) is 10.4 Å². The van der Waals surface area contributed by atoms with E-state index >= 15 is 0 Å². The van der Waals surface area contributed by atoms with Crippen LogP contribution in [0.2, 0.25) is 0 Å². The van der Waals surface area contributed by atoms with E-state index < -0.39 is 11.7 Å². The molecular weight excluding hydrogens is 237 g/mol. The number of ether oxygens (including phenoxy) is 1. The molecule has 0 heterocycles. The summed E-state index contributed by atoms with van der Waals surface area (Å²) in [6, 6.07) is 10.1. The summed E-state index contributed by atoms with van der Waals surface area (Å²) in [5.41, 5.74) is 4.74. The van der Waals surface area contributed by atoms with Gasteiger partial charge in [0.2, 0.25) is 0 Å². The summed E-state index contributed by atoms with van der Waals surface area (Å²) in [6.45, 7) is 0. The first-order valence-corrected chi connectivity index (χ1v) is 5.14. The molecule has 0 bridgehead atoms. The maximum atomic E-state index is 13.5. The van der Waals surface area contributed by atoms with Gasteiger partial charge in [0.1, 0.15) is 17.1 Å². The number of aromatic hydroxyl groups is 1. The van der Waals surface area contributed by atoms with E-state index in [1.165, 1.54) is 24.3 Å². The predicted molar refractivity (Wildman–Crippen MR) is 63.1 cm³/mol. The van der Waals surface area contributed by atoms with E-state index in [0.717, 1.165) is 6.07 Å². The van der Waals surface area contributed by atoms with Gasteiger partial charge in [0.05, 0.1) is 0 Å². The van der Waals surface area contributed by atoms with Gasteiger partial charge in [-0.15, -0.1) is 0 Å². The third-order valence-electron chi connectivity index (χ3n) is 2.31. The zero-order chi connectivity index (χ0) is 13.1. The van der Waals surface area contributed by atoms with E-state index in [9.17, 15) is 14.3 Å². The number of carbonyl (C=O) groups is 1. The molecule has 2 aromatic carbocycles. The van der Waals surface area contributed by atoms with E-state index in [0.29, 0.717) is 0 Å². The fourth-order valence-electron chi connectivity index (χ4n) is 1.49. The Morgan fingerprint density at radius 1 is 1.11 bits per heavy atom. The first-order chi connectivity index (χ1) is 8.59. The fraction of sp³-hybridized carbons (Fsp3) is 0. The molecule has 0 unspecified atom stereocenters. The zero-order valence-electron chi connectivity index (χ0n) is 9.26. The standard InChI is InChI=1S/C13H10FNO3/c14-8-4-3-7-11(12(8)13(15)17)18-10-6-2-1-5-9(10)16/h1-7,16H,(H2,15,17). The minimum absolute atomic E-state index is 0.0380. The van der Waals surface area contributed by atoms with Crippen LogP contribution in [0.5, 0.6) is 17.2 Å². The van der Waals surface area contributed by atoms with E-state index in [4.69, 9.17) is 10.5 Å². The highest BCUT2D eigenvalue weighted by Gasteiger charge is 2.16. The van der Waals surface area contributed by atoms with Gasteiger partial charge in [-0.1, -0.05) is 18.2 Å². The number of carbonyl (C=O) groups excluding carboxylic acids is 1. The Balaban J connectivity index is 2.44. The fourth-order valence-corrected chi connectivity index (χ4v) is 1.49. The van der Waals surface area contributed by atoms with Crippen molar-refractivity contribution in [1.29, 1.82) is 0 Å². The molecule has 18 heavy (non-hydrogen) atoms. The van der Waals surface area contributed by atoms with Crippen LogP contribution in [0.25, 0.3) is 0 Å². The summed E-state index contributed by atoms with van der Waals surface area (Å²) in [6.07, 6.45) is 0. The summed E-state index contributed by atoms with van der Waals surface area (Å²) < 4.78 is 18.8. The van der Waals surface area contributed by atoms with Crippen LogP contribution in [0.3, 0.4) is 0 Å². The van der Waals surface area contributed by atoms with Gasteiger partial charge in [-0.25, -0.2) is 4.39 Å². The summed E-state index contributed by atoms with van der Waals surface area (Å²) >= 11 is 0. The van der Waals surface area contributed by atoms with Crippen molar-refractivity contribution < 1.29 is 19.0 Å². The minimum atomic E-state index is -0.932. The molecule has 0 saturated heterocycles. The number of phenols is 1. The molecule has 0 saturated carbocycles. The SMILES string of the molecule is NC(=O)c1c(F)cccc1Oc1ccccc1O. The number of nitrogens with two attached hydrogens (primary N) is 1. The van der Waals surface area contributed by atoms with Gasteiger partial charge < -0.3 is 15.6 Å². The smallest absolute Gasteiger partial charge is 0.255 e. The molecule has 92 valence electrons. The van der Waals surface area contributed by atoms with Crippen LogP contribution in [-0.4, -0.2) is 11.0 Å². The number of benzene rings is 2. The first kappa shape index (κ1) is 11.9. The van der Waals surface area contributed by atoms with Crippen molar-refractivity contribution >= 4 is 5.91 Å². The largest absolute Gasteiger partial charge is 0.504 e. The van der Waals surface area contributed by atoms with E-state index in [-0.39, 0.29) is 22.8 Å². The molecule has 0 fully saturated rings. The minimum Gasteiger partial charge on any atom is -0.504 e. The van der Waals surface area contributed by atoms with Gasteiger partial charge in [0, 0.05) is 0 Å². The van der Waals surface area contributed by atoms with Crippen molar-refractivity contribution in [2.45, 2.75) is 0 Å². The lowest BCUT2D eigenvalue weighted by molar-refractivity contribution is 0.0994. The van der Waals surface area contributed by atoms with Crippen molar-refractivity contribution in [3.05, 3.63) is 53.8 Å². The van der Waals surface area contributed by atoms with Crippen LogP contribution in [-0.2, 0) is 0 Å². The molecule has 0 spiro atoms. The Bertz CT molecular complexity index is 599. The molecule has 0 atom stereocenters. The van der Waals surface area contributed by atoms with Crippen molar-refractivity contribution in [3.8, 4) is 17.2 Å². The first-order valence-electron chi connectivity index (χ1n) is 5.14. The van der Waals surface area contributed by atoms with Gasteiger partial charge in [-0.05, 0) is 24.3 Å². The van der Waals surface area contributed by atoms with Gasteiger partial charge in [0.15, 0.2) is 11.5 Å². The molecule has 2 rings (SSSR count). The van der Waals surface area contributed by atoms with Crippen molar-refractivity contribution in [2.75, 3.05) is 0 Å². The highest BCUT2D eigenvalue weighted by atomic mass is 19.1. The second-order valence-electron chi connectivity index (χ2n) is 3.55. The van der Waals surface area contributed by atoms with Crippen LogP contribution in [0.4, 0.5) is 4.39 Å². The highest BCUT2D eigenvalue weighted by Crippen LogP contribution is 2.32. The van der Waals surface area contributed by atoms with Crippen molar-refractivity contribution in [2.24, 2.45) is 5.73 Å². The quantitative estimate of drug-likeness (QED) is 0.874. The molecule has 1 amide bonds. The van der Waals surface area contributed by atoms with Gasteiger partial charge in [0.25, 0.3) is 5.91 Å². The third-order valence-corrected chi connectivity index (χ3v) is 2.31. The number of hydrogen-bond donors (Lipinski definition) is 2.